The van der Waals surface area contributed by atoms with Gasteiger partial charge in [-0.2, -0.15) is 0 Å². The van der Waals surface area contributed by atoms with Crippen LogP contribution in [0, 0.1) is 0 Å². The van der Waals surface area contributed by atoms with Gasteiger partial charge in [-0.05, 0) is 30.2 Å². The number of hydrogen-bond acceptors (Lipinski definition) is 3. The van der Waals surface area contributed by atoms with Crippen LogP contribution in [0.5, 0.6) is 11.5 Å². The van der Waals surface area contributed by atoms with Crippen molar-refractivity contribution >= 4 is 11.6 Å². The maximum absolute atomic E-state index is 11.5. The third kappa shape index (κ3) is 2.26. The van der Waals surface area contributed by atoms with Crippen LogP contribution in [0.3, 0.4) is 0 Å². The van der Waals surface area contributed by atoms with Crippen molar-refractivity contribution in [3.05, 3.63) is 53.6 Å². The number of hydrogen-bond donors (Lipinski definition) is 2. The number of nitrogens with one attached hydrogen (secondary N) is 1. The van der Waals surface area contributed by atoms with Crippen molar-refractivity contribution < 1.29 is 9.53 Å². The fourth-order valence-corrected chi connectivity index (χ4v) is 2.26. The molecule has 4 heteroatoms. The molecule has 0 radical (unpaired) electrons. The van der Waals surface area contributed by atoms with Crippen LogP contribution in [0.1, 0.15) is 24.1 Å². The van der Waals surface area contributed by atoms with E-state index in [0.717, 1.165) is 23.4 Å². The number of benzene rings is 2. The van der Waals surface area contributed by atoms with Gasteiger partial charge in [0.25, 0.3) is 0 Å². The molecule has 1 heterocycles. The molecule has 1 amide bonds. The van der Waals surface area contributed by atoms with Crippen LogP contribution in [0.15, 0.2) is 42.5 Å². The van der Waals surface area contributed by atoms with Gasteiger partial charge in [0.2, 0.25) is 5.91 Å². The van der Waals surface area contributed by atoms with E-state index < -0.39 is 6.04 Å². The molecule has 3 rings (SSSR count). The summed E-state index contributed by atoms with van der Waals surface area (Å²) in [5.41, 5.74) is 8.58. The molecule has 2 aromatic carbocycles. The van der Waals surface area contributed by atoms with E-state index in [1.54, 1.807) is 6.07 Å². The molecule has 2 aromatic rings. The van der Waals surface area contributed by atoms with E-state index in [2.05, 4.69) is 12.2 Å². The van der Waals surface area contributed by atoms with Gasteiger partial charge in [-0.3, -0.25) is 4.79 Å². The molecule has 0 saturated heterocycles. The summed E-state index contributed by atoms with van der Waals surface area (Å²) in [5.74, 6) is 1.28. The average Bonchev–Trinajstić information content (AvgIpc) is 2.74. The maximum atomic E-state index is 11.5. The minimum Gasteiger partial charge on any atom is -0.457 e. The Kier molecular flexibility index (Phi) is 3.16. The minimum atomic E-state index is -0.581. The summed E-state index contributed by atoms with van der Waals surface area (Å²) in [6, 6.07) is 12.8. The molecule has 0 bridgehead atoms. The molecule has 102 valence electrons. The summed E-state index contributed by atoms with van der Waals surface area (Å²) in [6.07, 6.45) is 1.00. The summed E-state index contributed by atoms with van der Waals surface area (Å²) >= 11 is 0. The molecule has 4 nitrogen and oxygen atoms in total. The van der Waals surface area contributed by atoms with Gasteiger partial charge in [0.05, 0.1) is 0 Å². The SMILES string of the molecule is CCc1ccc(Oc2ccc3c(c2)NC(=O)C3N)cc1. The Morgan fingerprint density at radius 1 is 1.15 bits per heavy atom. The topological polar surface area (TPSA) is 64.3 Å². The largest absolute Gasteiger partial charge is 0.457 e. The molecule has 0 spiro atoms. The van der Waals surface area contributed by atoms with Crippen LogP contribution in [-0.4, -0.2) is 5.91 Å². The van der Waals surface area contributed by atoms with Gasteiger partial charge in [0, 0.05) is 17.3 Å². The Labute approximate surface area is 117 Å². The molecule has 1 unspecified atom stereocenters. The van der Waals surface area contributed by atoms with Crippen LogP contribution < -0.4 is 15.8 Å². The maximum Gasteiger partial charge on any atom is 0.245 e. The normalized spacial score (nSPS) is 16.7. The second kappa shape index (κ2) is 4.98. The highest BCUT2D eigenvalue weighted by Crippen LogP contribution is 2.33. The highest BCUT2D eigenvalue weighted by Gasteiger charge is 2.27. The van der Waals surface area contributed by atoms with Crippen molar-refractivity contribution in [2.45, 2.75) is 19.4 Å². The Bertz CT molecular complexity index is 650. The van der Waals surface area contributed by atoms with Gasteiger partial charge in [-0.15, -0.1) is 0 Å². The monoisotopic (exact) mass is 268 g/mol. The van der Waals surface area contributed by atoms with E-state index >= 15 is 0 Å². The first-order valence-electron chi connectivity index (χ1n) is 6.64. The number of nitrogens with two attached hydrogens (primary N) is 1. The molecule has 1 aliphatic heterocycles. The van der Waals surface area contributed by atoms with Gasteiger partial charge in [-0.1, -0.05) is 25.1 Å². The van der Waals surface area contributed by atoms with Gasteiger partial charge < -0.3 is 15.8 Å². The van der Waals surface area contributed by atoms with E-state index in [0.29, 0.717) is 5.75 Å². The fraction of sp³-hybridized carbons (Fsp3) is 0.188. The van der Waals surface area contributed by atoms with Crippen molar-refractivity contribution in [3.8, 4) is 11.5 Å². The zero-order valence-corrected chi connectivity index (χ0v) is 11.2. The molecule has 1 aliphatic rings. The van der Waals surface area contributed by atoms with Crippen molar-refractivity contribution in [2.24, 2.45) is 5.73 Å². The molecular formula is C16H16N2O2. The first-order valence-corrected chi connectivity index (χ1v) is 6.64. The van der Waals surface area contributed by atoms with E-state index in [-0.39, 0.29) is 5.91 Å². The summed E-state index contributed by atoms with van der Waals surface area (Å²) in [5, 5.41) is 2.75. The molecule has 0 fully saturated rings. The highest BCUT2D eigenvalue weighted by molar-refractivity contribution is 6.02. The summed E-state index contributed by atoms with van der Waals surface area (Å²) < 4.78 is 5.78. The van der Waals surface area contributed by atoms with E-state index in [9.17, 15) is 4.79 Å². The second-order valence-electron chi connectivity index (χ2n) is 4.82. The van der Waals surface area contributed by atoms with Crippen LogP contribution in [-0.2, 0) is 11.2 Å². The minimum absolute atomic E-state index is 0.176. The van der Waals surface area contributed by atoms with Gasteiger partial charge >= 0.3 is 0 Å². The number of amides is 1. The first-order chi connectivity index (χ1) is 9.67. The molecule has 0 aliphatic carbocycles. The van der Waals surface area contributed by atoms with Crippen molar-refractivity contribution in [1.29, 1.82) is 0 Å². The number of carbonyl (C=O) groups is 1. The van der Waals surface area contributed by atoms with Gasteiger partial charge in [-0.25, -0.2) is 0 Å². The van der Waals surface area contributed by atoms with E-state index in [4.69, 9.17) is 10.5 Å². The lowest BCUT2D eigenvalue weighted by atomic mass is 10.1. The molecule has 0 saturated carbocycles. The molecule has 20 heavy (non-hydrogen) atoms. The number of ether oxygens (including phenoxy) is 1. The van der Waals surface area contributed by atoms with Crippen molar-refractivity contribution in [2.75, 3.05) is 5.32 Å². The third-order valence-electron chi connectivity index (χ3n) is 3.47. The first kappa shape index (κ1) is 12.7. The van der Waals surface area contributed by atoms with Crippen molar-refractivity contribution in [3.63, 3.8) is 0 Å². The Hall–Kier alpha value is -2.33. The molecule has 3 N–H and O–H groups in total. The lowest BCUT2D eigenvalue weighted by Gasteiger charge is -2.08. The number of carbonyl (C=O) groups excluding carboxylic acids is 1. The Morgan fingerprint density at radius 3 is 2.55 bits per heavy atom. The van der Waals surface area contributed by atoms with Crippen LogP contribution in [0.25, 0.3) is 0 Å². The fourth-order valence-electron chi connectivity index (χ4n) is 2.26. The van der Waals surface area contributed by atoms with Crippen molar-refractivity contribution in [1.82, 2.24) is 0 Å². The van der Waals surface area contributed by atoms with Crippen LogP contribution >= 0.6 is 0 Å². The van der Waals surface area contributed by atoms with E-state index in [1.165, 1.54) is 5.56 Å². The predicted molar refractivity (Wildman–Crippen MR) is 77.9 cm³/mol. The average molecular weight is 268 g/mol. The number of anilines is 1. The lowest BCUT2D eigenvalue weighted by molar-refractivity contribution is -0.116. The van der Waals surface area contributed by atoms with Gasteiger partial charge in [0.1, 0.15) is 17.5 Å². The van der Waals surface area contributed by atoms with Crippen LogP contribution in [0.2, 0.25) is 0 Å². The summed E-state index contributed by atoms with van der Waals surface area (Å²) in [4.78, 5) is 11.5. The van der Waals surface area contributed by atoms with Crippen LogP contribution in [0.4, 0.5) is 5.69 Å². The van der Waals surface area contributed by atoms with Gasteiger partial charge in [0.15, 0.2) is 0 Å². The summed E-state index contributed by atoms with van der Waals surface area (Å²) in [7, 11) is 0. The Balaban J connectivity index is 1.82. The summed E-state index contributed by atoms with van der Waals surface area (Å²) in [6.45, 7) is 2.11. The number of rotatable bonds is 3. The molecule has 1 atom stereocenters. The molecule has 0 aromatic heterocycles. The smallest absolute Gasteiger partial charge is 0.245 e. The molecular weight excluding hydrogens is 252 g/mol. The Morgan fingerprint density at radius 2 is 1.85 bits per heavy atom. The lowest BCUT2D eigenvalue weighted by Crippen LogP contribution is -2.19. The predicted octanol–water partition coefficient (Wildman–Crippen LogP) is 2.99. The van der Waals surface area contributed by atoms with E-state index in [1.807, 2.05) is 36.4 Å². The quantitative estimate of drug-likeness (QED) is 0.899. The second-order valence-corrected chi connectivity index (χ2v) is 4.82. The zero-order chi connectivity index (χ0) is 14.1. The number of aryl methyl sites for hydroxylation is 1. The standard InChI is InChI=1S/C16H16N2O2/c1-2-10-3-5-11(6-4-10)20-12-7-8-13-14(9-12)18-16(19)15(13)17/h3-9,15H,2,17H2,1H3,(H,18,19). The highest BCUT2D eigenvalue weighted by atomic mass is 16.5. The zero-order valence-electron chi connectivity index (χ0n) is 11.2. The third-order valence-corrected chi connectivity index (χ3v) is 3.47. The number of fused-ring (bicyclic) bond motifs is 1.